The second-order valence-corrected chi connectivity index (χ2v) is 9.66. The van der Waals surface area contributed by atoms with Crippen LogP contribution >= 0.6 is 0 Å². The fourth-order valence-corrected chi connectivity index (χ4v) is 6.51. The summed E-state index contributed by atoms with van der Waals surface area (Å²) in [5, 5.41) is 4.56. The number of carbonyl (C=O) groups excluding carboxylic acids is 1. The maximum Gasteiger partial charge on any atom is 0.165 e. The number of hydrogen-bond donors (Lipinski definition) is 0. The first-order valence-electron chi connectivity index (χ1n) is 11.4. The van der Waals surface area contributed by atoms with E-state index in [0.29, 0.717) is 23.5 Å². The summed E-state index contributed by atoms with van der Waals surface area (Å²) in [6.07, 6.45) is 9.51. The van der Waals surface area contributed by atoms with Crippen LogP contribution in [-0.2, 0) is 17.8 Å². The molecule has 1 aromatic carbocycles. The van der Waals surface area contributed by atoms with Crippen LogP contribution < -0.4 is 4.74 Å². The molecule has 0 saturated heterocycles. The molecule has 1 heterocycles. The van der Waals surface area contributed by atoms with Gasteiger partial charge in [-0.15, -0.1) is 0 Å². The molecule has 2 aromatic rings. The Morgan fingerprint density at radius 3 is 2.90 bits per heavy atom. The van der Waals surface area contributed by atoms with Crippen molar-refractivity contribution in [2.75, 3.05) is 7.11 Å². The van der Waals surface area contributed by atoms with Gasteiger partial charge >= 0.3 is 0 Å². The number of ether oxygens (including phenoxy) is 1. The van der Waals surface area contributed by atoms with E-state index in [1.54, 1.807) is 7.11 Å². The number of aromatic nitrogens is 2. The van der Waals surface area contributed by atoms with Gasteiger partial charge in [0, 0.05) is 23.7 Å². The van der Waals surface area contributed by atoms with Crippen LogP contribution in [0.15, 0.2) is 30.0 Å². The number of carbonyl (C=O) groups is 1. The number of hydrogen-bond acceptors (Lipinski definition) is 3. The van der Waals surface area contributed by atoms with Crippen LogP contribution in [0.2, 0.25) is 0 Å². The Kier molecular flexibility index (Phi) is 4.64. The lowest BCUT2D eigenvalue weighted by atomic mass is 9.55. The molecule has 0 aliphatic heterocycles. The van der Waals surface area contributed by atoms with Gasteiger partial charge in [-0.05, 0) is 98.6 Å². The summed E-state index contributed by atoms with van der Waals surface area (Å²) in [6, 6.07) is 6.61. The van der Waals surface area contributed by atoms with Gasteiger partial charge in [0.15, 0.2) is 5.78 Å². The van der Waals surface area contributed by atoms with Crippen molar-refractivity contribution in [1.82, 2.24) is 9.78 Å². The van der Waals surface area contributed by atoms with Gasteiger partial charge in [-0.2, -0.15) is 5.10 Å². The number of aryl methyl sites for hydroxylation is 3. The Morgan fingerprint density at radius 1 is 1.33 bits per heavy atom. The van der Waals surface area contributed by atoms with E-state index >= 15 is 0 Å². The molecule has 4 heteroatoms. The molecule has 158 valence electrons. The largest absolute Gasteiger partial charge is 0.497 e. The van der Waals surface area contributed by atoms with Crippen molar-refractivity contribution in [1.29, 1.82) is 0 Å². The van der Waals surface area contributed by atoms with Crippen LogP contribution in [-0.4, -0.2) is 22.7 Å². The molecule has 2 fully saturated rings. The maximum absolute atomic E-state index is 13.5. The number of nitrogens with zero attached hydrogens (tertiary/aromatic N) is 2. The summed E-state index contributed by atoms with van der Waals surface area (Å²) in [7, 11) is 1.74. The normalized spacial score (nSPS) is 31.4. The standard InChI is InChI=1S/C26H32N2O2/c1-5-28-15-19(16(2)27-28)12-18-14-24-23-8-6-17-13-20(30-4)7-9-21(17)22(23)10-11-26(24,3)25(18)29/h7,9,12-13,15,22-24H,5-6,8,10-11,14H2,1-4H3/b18-12+/t22-,23-,24-,26+/m1/s1. The van der Waals surface area contributed by atoms with Crippen molar-refractivity contribution in [2.24, 2.45) is 17.3 Å². The van der Waals surface area contributed by atoms with Crippen molar-refractivity contribution >= 4 is 11.9 Å². The zero-order chi connectivity index (χ0) is 21.0. The average Bonchev–Trinajstić information content (AvgIpc) is 3.24. The second kappa shape index (κ2) is 7.11. The third-order valence-electron chi connectivity index (χ3n) is 8.21. The third-order valence-corrected chi connectivity index (χ3v) is 8.21. The van der Waals surface area contributed by atoms with Gasteiger partial charge in [-0.25, -0.2) is 0 Å². The molecule has 1 aromatic heterocycles. The first-order valence-corrected chi connectivity index (χ1v) is 11.4. The smallest absolute Gasteiger partial charge is 0.165 e. The zero-order valence-electron chi connectivity index (χ0n) is 18.6. The summed E-state index contributed by atoms with van der Waals surface area (Å²) in [5.74, 6) is 2.97. The summed E-state index contributed by atoms with van der Waals surface area (Å²) in [4.78, 5) is 13.5. The van der Waals surface area contributed by atoms with Crippen molar-refractivity contribution in [3.05, 3.63) is 52.4 Å². The van der Waals surface area contributed by atoms with Gasteiger partial charge in [0.1, 0.15) is 5.75 Å². The van der Waals surface area contributed by atoms with E-state index in [2.05, 4.69) is 49.4 Å². The van der Waals surface area contributed by atoms with E-state index in [0.717, 1.165) is 54.8 Å². The summed E-state index contributed by atoms with van der Waals surface area (Å²) < 4.78 is 7.40. The fourth-order valence-electron chi connectivity index (χ4n) is 6.51. The molecular formula is C26H32N2O2. The monoisotopic (exact) mass is 404 g/mol. The number of rotatable bonds is 3. The van der Waals surface area contributed by atoms with E-state index in [1.807, 2.05) is 11.6 Å². The van der Waals surface area contributed by atoms with E-state index in [4.69, 9.17) is 4.74 Å². The number of fused-ring (bicyclic) bond motifs is 5. The Labute approximate surface area is 179 Å². The Hall–Kier alpha value is -2.36. The van der Waals surface area contributed by atoms with Crippen molar-refractivity contribution in [2.45, 2.75) is 65.3 Å². The van der Waals surface area contributed by atoms with Crippen LogP contribution in [0.25, 0.3) is 6.08 Å². The predicted octanol–water partition coefficient (Wildman–Crippen LogP) is 5.34. The van der Waals surface area contributed by atoms with Crippen molar-refractivity contribution < 1.29 is 9.53 Å². The molecule has 4 nitrogen and oxygen atoms in total. The lowest BCUT2D eigenvalue weighted by Gasteiger charge is -2.48. The minimum Gasteiger partial charge on any atom is -0.497 e. The highest BCUT2D eigenvalue weighted by molar-refractivity contribution is 6.06. The lowest BCUT2D eigenvalue weighted by molar-refractivity contribution is -0.127. The lowest BCUT2D eigenvalue weighted by Crippen LogP contribution is -2.42. The first-order chi connectivity index (χ1) is 14.4. The number of ketones is 1. The fraction of sp³-hybridized carbons (Fsp3) is 0.538. The number of methoxy groups -OCH3 is 1. The Balaban J connectivity index is 1.47. The molecule has 0 amide bonds. The highest BCUT2D eigenvalue weighted by Crippen LogP contribution is 2.60. The van der Waals surface area contributed by atoms with Gasteiger partial charge in [0.05, 0.1) is 12.8 Å². The number of Topliss-reactive ketones (excluding diaryl/α,β-unsaturated/α-hetero) is 1. The highest BCUT2D eigenvalue weighted by Gasteiger charge is 2.56. The van der Waals surface area contributed by atoms with Gasteiger partial charge in [0.2, 0.25) is 0 Å². The number of benzene rings is 1. The topological polar surface area (TPSA) is 44.1 Å². The van der Waals surface area contributed by atoms with Gasteiger partial charge in [-0.1, -0.05) is 13.0 Å². The minimum absolute atomic E-state index is 0.203. The van der Waals surface area contributed by atoms with E-state index in [-0.39, 0.29) is 5.41 Å². The minimum atomic E-state index is -0.203. The number of allylic oxidation sites excluding steroid dienone is 1. The maximum atomic E-state index is 13.5. The van der Waals surface area contributed by atoms with Crippen LogP contribution in [0, 0.1) is 24.2 Å². The third kappa shape index (κ3) is 2.87. The van der Waals surface area contributed by atoms with Crippen molar-refractivity contribution in [3.8, 4) is 5.75 Å². The second-order valence-electron chi connectivity index (χ2n) is 9.66. The van der Waals surface area contributed by atoms with Crippen LogP contribution in [0.4, 0.5) is 0 Å². The van der Waals surface area contributed by atoms with Crippen LogP contribution in [0.5, 0.6) is 5.75 Å². The van der Waals surface area contributed by atoms with Gasteiger partial charge < -0.3 is 4.74 Å². The molecule has 0 bridgehead atoms. The zero-order valence-corrected chi connectivity index (χ0v) is 18.6. The molecule has 0 unspecified atom stereocenters. The molecule has 0 spiro atoms. The summed E-state index contributed by atoms with van der Waals surface area (Å²) in [6.45, 7) is 7.22. The molecule has 30 heavy (non-hydrogen) atoms. The molecule has 4 atom stereocenters. The van der Waals surface area contributed by atoms with E-state index in [1.165, 1.54) is 17.5 Å². The SMILES string of the molecule is CCn1cc(/C=C2\C[C@@H]3[C@@H]4CCc5cc(OC)ccc5[C@H]4CC[C@]3(C)C2=O)c(C)n1. The summed E-state index contributed by atoms with van der Waals surface area (Å²) in [5.41, 5.74) is 5.87. The summed E-state index contributed by atoms with van der Waals surface area (Å²) >= 11 is 0. The van der Waals surface area contributed by atoms with Crippen LogP contribution in [0.1, 0.15) is 67.8 Å². The van der Waals surface area contributed by atoms with E-state index < -0.39 is 0 Å². The average molecular weight is 405 g/mol. The Bertz CT molecular complexity index is 1030. The Morgan fingerprint density at radius 2 is 2.17 bits per heavy atom. The van der Waals surface area contributed by atoms with Gasteiger partial charge in [0.25, 0.3) is 0 Å². The molecule has 3 aliphatic rings. The predicted molar refractivity (Wildman–Crippen MR) is 119 cm³/mol. The van der Waals surface area contributed by atoms with Gasteiger partial charge in [-0.3, -0.25) is 9.48 Å². The molecule has 0 N–H and O–H groups in total. The van der Waals surface area contributed by atoms with E-state index in [9.17, 15) is 4.79 Å². The first kappa shape index (κ1) is 19.6. The molecule has 2 saturated carbocycles. The quantitative estimate of drug-likeness (QED) is 0.649. The van der Waals surface area contributed by atoms with Crippen molar-refractivity contribution in [3.63, 3.8) is 0 Å². The molecule has 0 radical (unpaired) electrons. The molecule has 3 aliphatic carbocycles. The van der Waals surface area contributed by atoms with Crippen LogP contribution in [0.3, 0.4) is 0 Å². The molecular weight excluding hydrogens is 372 g/mol. The highest BCUT2D eigenvalue weighted by atomic mass is 16.5. The molecule has 5 rings (SSSR count).